The summed E-state index contributed by atoms with van der Waals surface area (Å²) < 4.78 is 6.17. The molecular formula is C24H28ClN5O. The summed E-state index contributed by atoms with van der Waals surface area (Å²) >= 11 is 6.24. The van der Waals surface area contributed by atoms with Crippen LogP contribution in [0.2, 0.25) is 5.28 Å². The van der Waals surface area contributed by atoms with E-state index in [9.17, 15) is 0 Å². The highest BCUT2D eigenvalue weighted by Crippen LogP contribution is 2.44. The van der Waals surface area contributed by atoms with E-state index in [2.05, 4.69) is 70.9 Å². The molecule has 1 aromatic carbocycles. The smallest absolute Gasteiger partial charge is 0.224 e. The van der Waals surface area contributed by atoms with Gasteiger partial charge >= 0.3 is 0 Å². The zero-order chi connectivity index (χ0) is 21.5. The summed E-state index contributed by atoms with van der Waals surface area (Å²) in [5.41, 5.74) is 3.34. The number of fused-ring (bicyclic) bond motifs is 3. The van der Waals surface area contributed by atoms with Gasteiger partial charge in [-0.25, -0.2) is 4.98 Å². The SMILES string of the molecule is CCC1C2=NC(C)C=C(C)N2c2cnc(Cl)nc2N1C1CC(OCc2ccccc2)C1. The van der Waals surface area contributed by atoms with E-state index in [1.165, 1.54) is 11.3 Å². The van der Waals surface area contributed by atoms with E-state index in [4.69, 9.17) is 21.3 Å². The van der Waals surface area contributed by atoms with Crippen molar-refractivity contribution in [2.45, 2.75) is 70.9 Å². The summed E-state index contributed by atoms with van der Waals surface area (Å²) in [5, 5.41) is 0.280. The predicted octanol–water partition coefficient (Wildman–Crippen LogP) is 4.99. The number of hydrogen-bond acceptors (Lipinski definition) is 6. The van der Waals surface area contributed by atoms with E-state index < -0.39 is 0 Å². The van der Waals surface area contributed by atoms with Crippen LogP contribution in [-0.2, 0) is 11.3 Å². The van der Waals surface area contributed by atoms with Crippen molar-refractivity contribution in [3.05, 3.63) is 59.1 Å². The highest BCUT2D eigenvalue weighted by molar-refractivity contribution is 6.28. The topological polar surface area (TPSA) is 53.9 Å². The van der Waals surface area contributed by atoms with Gasteiger partial charge in [0.05, 0.1) is 31.0 Å². The van der Waals surface area contributed by atoms with E-state index in [1.807, 2.05) is 12.3 Å². The van der Waals surface area contributed by atoms with Crippen LogP contribution in [0.5, 0.6) is 0 Å². The van der Waals surface area contributed by atoms with Crippen LogP contribution in [0.3, 0.4) is 0 Å². The van der Waals surface area contributed by atoms with Gasteiger partial charge in [-0.2, -0.15) is 4.98 Å². The van der Waals surface area contributed by atoms with Crippen molar-refractivity contribution >= 4 is 28.9 Å². The minimum Gasteiger partial charge on any atom is -0.373 e. The molecule has 162 valence electrons. The molecule has 0 radical (unpaired) electrons. The number of benzene rings is 1. The molecule has 2 unspecified atom stereocenters. The standard InChI is InChI=1S/C24H28ClN5O/c1-4-20-22-27-15(2)10-16(3)29(22)21-13-26-24(25)28-23(21)30(20)18-11-19(12-18)31-14-17-8-6-5-7-9-17/h5-10,13,15,18-20H,4,11-12,14H2,1-3H3. The Kier molecular flexibility index (Phi) is 5.44. The van der Waals surface area contributed by atoms with Gasteiger partial charge < -0.3 is 9.64 Å². The van der Waals surface area contributed by atoms with Gasteiger partial charge in [-0.05, 0) is 56.4 Å². The van der Waals surface area contributed by atoms with Gasteiger partial charge in [-0.15, -0.1) is 0 Å². The highest BCUT2D eigenvalue weighted by Gasteiger charge is 2.46. The third kappa shape index (κ3) is 3.72. The molecule has 7 heteroatoms. The highest BCUT2D eigenvalue weighted by atomic mass is 35.5. The van der Waals surface area contributed by atoms with Gasteiger partial charge in [0.2, 0.25) is 5.28 Å². The van der Waals surface area contributed by atoms with E-state index >= 15 is 0 Å². The average Bonchev–Trinajstić information content (AvgIpc) is 2.72. The number of nitrogens with zero attached hydrogens (tertiary/aromatic N) is 5. The first-order valence-electron chi connectivity index (χ1n) is 11.1. The Bertz CT molecular complexity index is 1020. The summed E-state index contributed by atoms with van der Waals surface area (Å²) in [6, 6.07) is 11.0. The largest absolute Gasteiger partial charge is 0.373 e. The van der Waals surface area contributed by atoms with Crippen LogP contribution in [0, 0.1) is 0 Å². The summed E-state index contributed by atoms with van der Waals surface area (Å²) in [6.07, 6.45) is 7.16. The van der Waals surface area contributed by atoms with Gasteiger partial charge in [0, 0.05) is 11.7 Å². The molecule has 3 heterocycles. The lowest BCUT2D eigenvalue weighted by Crippen LogP contribution is -2.61. The zero-order valence-electron chi connectivity index (χ0n) is 18.2. The molecule has 2 aromatic rings. The average molecular weight is 438 g/mol. The molecule has 0 saturated heterocycles. The molecule has 1 aliphatic carbocycles. The Hall–Kier alpha value is -2.44. The molecule has 2 atom stereocenters. The number of anilines is 2. The van der Waals surface area contributed by atoms with Crippen LogP contribution in [0.4, 0.5) is 11.5 Å². The Morgan fingerprint density at radius 1 is 1.19 bits per heavy atom. The van der Waals surface area contributed by atoms with E-state index in [1.54, 1.807) is 0 Å². The van der Waals surface area contributed by atoms with Crippen molar-refractivity contribution in [3.63, 3.8) is 0 Å². The lowest BCUT2D eigenvalue weighted by atomic mass is 9.85. The lowest BCUT2D eigenvalue weighted by molar-refractivity contribution is -0.0214. The Labute approximate surface area is 188 Å². The molecule has 0 N–H and O–H groups in total. The van der Waals surface area contributed by atoms with Crippen molar-refractivity contribution in [2.75, 3.05) is 9.80 Å². The molecule has 2 aliphatic heterocycles. The molecule has 1 fully saturated rings. The molecule has 5 rings (SSSR count). The minimum atomic E-state index is 0.157. The molecular weight excluding hydrogens is 410 g/mol. The number of hydrogen-bond donors (Lipinski definition) is 0. The maximum atomic E-state index is 6.24. The van der Waals surface area contributed by atoms with Crippen molar-refractivity contribution in [3.8, 4) is 0 Å². The summed E-state index contributed by atoms with van der Waals surface area (Å²) in [5.74, 6) is 1.99. The monoisotopic (exact) mass is 437 g/mol. The molecule has 0 bridgehead atoms. The van der Waals surface area contributed by atoms with Crippen LogP contribution in [0.15, 0.2) is 53.3 Å². The number of aromatic nitrogens is 2. The second kappa shape index (κ2) is 8.24. The van der Waals surface area contributed by atoms with Gasteiger partial charge in [0.25, 0.3) is 0 Å². The van der Waals surface area contributed by atoms with Crippen LogP contribution in [0.1, 0.15) is 45.6 Å². The first-order chi connectivity index (χ1) is 15.0. The van der Waals surface area contributed by atoms with Crippen LogP contribution in [0.25, 0.3) is 0 Å². The Balaban J connectivity index is 1.40. The molecule has 1 aromatic heterocycles. The molecule has 31 heavy (non-hydrogen) atoms. The fourth-order valence-electron chi connectivity index (χ4n) is 4.92. The van der Waals surface area contributed by atoms with Gasteiger partial charge in [-0.3, -0.25) is 9.89 Å². The van der Waals surface area contributed by atoms with Gasteiger partial charge in [-0.1, -0.05) is 37.3 Å². The number of amidine groups is 1. The normalized spacial score (nSPS) is 27.1. The Morgan fingerprint density at radius 3 is 2.71 bits per heavy atom. The van der Waals surface area contributed by atoms with Crippen molar-refractivity contribution in [1.82, 2.24) is 9.97 Å². The van der Waals surface area contributed by atoms with Crippen molar-refractivity contribution in [2.24, 2.45) is 4.99 Å². The fraction of sp³-hybridized carbons (Fsp3) is 0.458. The molecule has 3 aliphatic rings. The predicted molar refractivity (Wildman–Crippen MR) is 125 cm³/mol. The number of aliphatic imine (C=N–C) groups is 1. The van der Waals surface area contributed by atoms with Crippen LogP contribution < -0.4 is 9.80 Å². The molecule has 6 nitrogen and oxygen atoms in total. The second-order valence-corrected chi connectivity index (χ2v) is 8.93. The summed E-state index contributed by atoms with van der Waals surface area (Å²) in [6.45, 7) is 7.13. The maximum Gasteiger partial charge on any atom is 0.224 e. The quantitative estimate of drug-likeness (QED) is 0.617. The van der Waals surface area contributed by atoms with Crippen molar-refractivity contribution in [1.29, 1.82) is 0 Å². The first-order valence-corrected chi connectivity index (χ1v) is 11.5. The van der Waals surface area contributed by atoms with Gasteiger partial charge in [0.15, 0.2) is 5.82 Å². The van der Waals surface area contributed by atoms with Crippen molar-refractivity contribution < 1.29 is 4.74 Å². The first kappa shape index (κ1) is 20.5. The van der Waals surface area contributed by atoms with E-state index in [0.717, 1.165) is 36.6 Å². The summed E-state index contributed by atoms with van der Waals surface area (Å²) in [7, 11) is 0. The zero-order valence-corrected chi connectivity index (χ0v) is 19.0. The molecule has 1 saturated carbocycles. The fourth-order valence-corrected chi connectivity index (χ4v) is 5.05. The number of ether oxygens (including phenoxy) is 1. The lowest BCUT2D eigenvalue weighted by Gasteiger charge is -2.52. The number of rotatable bonds is 5. The number of allylic oxidation sites excluding steroid dienone is 1. The van der Waals surface area contributed by atoms with E-state index in [0.29, 0.717) is 12.6 Å². The van der Waals surface area contributed by atoms with Crippen LogP contribution in [-0.4, -0.2) is 40.0 Å². The number of halogens is 1. The maximum absolute atomic E-state index is 6.24. The minimum absolute atomic E-state index is 0.157. The molecule has 0 spiro atoms. The van der Waals surface area contributed by atoms with E-state index in [-0.39, 0.29) is 23.5 Å². The van der Waals surface area contributed by atoms with Crippen LogP contribution >= 0.6 is 11.6 Å². The second-order valence-electron chi connectivity index (χ2n) is 8.59. The summed E-state index contributed by atoms with van der Waals surface area (Å²) in [4.78, 5) is 18.6. The Morgan fingerprint density at radius 2 is 1.97 bits per heavy atom. The molecule has 0 amide bonds. The van der Waals surface area contributed by atoms with Gasteiger partial charge in [0.1, 0.15) is 11.5 Å². The third-order valence-corrected chi connectivity index (χ3v) is 6.60. The third-order valence-electron chi connectivity index (χ3n) is 6.42.